The molecule has 1 rings (SSSR count). The van der Waals surface area contributed by atoms with Crippen LogP contribution in [0.25, 0.3) is 0 Å². The maximum atomic E-state index is 5.67. The molecule has 0 saturated heterocycles. The van der Waals surface area contributed by atoms with E-state index in [2.05, 4.69) is 12.2 Å². The molecule has 0 aromatic rings. The number of likely N-dealkylation sites (N-methyl/N-ethyl adjacent to an activating group) is 1. The summed E-state index contributed by atoms with van der Waals surface area (Å²) in [4.78, 5) is 0. The van der Waals surface area contributed by atoms with Gasteiger partial charge in [-0.05, 0) is 19.9 Å². The molecule has 3 atom stereocenters. The molecule has 4 nitrogen and oxygen atoms in total. The first-order valence-corrected chi connectivity index (χ1v) is 5.79. The minimum atomic E-state index is 0.201. The Morgan fingerprint density at radius 3 is 2.67 bits per heavy atom. The Balaban J connectivity index is 2.10. The van der Waals surface area contributed by atoms with E-state index in [0.29, 0.717) is 19.3 Å². The van der Waals surface area contributed by atoms with Gasteiger partial charge in [0.15, 0.2) is 0 Å². The highest BCUT2D eigenvalue weighted by Crippen LogP contribution is 2.26. The van der Waals surface area contributed by atoms with E-state index in [1.165, 1.54) is 0 Å². The molecule has 1 fully saturated rings. The van der Waals surface area contributed by atoms with Crippen molar-refractivity contribution in [2.24, 2.45) is 0 Å². The molecular weight excluding hydrogens is 194 g/mol. The summed E-state index contributed by atoms with van der Waals surface area (Å²) in [6, 6.07) is 0.456. The van der Waals surface area contributed by atoms with Gasteiger partial charge in [0.05, 0.1) is 25.4 Å². The number of ether oxygens (including phenoxy) is 3. The van der Waals surface area contributed by atoms with Gasteiger partial charge in [0.2, 0.25) is 0 Å². The maximum Gasteiger partial charge on any atom is 0.0986 e. The van der Waals surface area contributed by atoms with Gasteiger partial charge in [-0.15, -0.1) is 0 Å². The molecule has 1 N–H and O–H groups in total. The van der Waals surface area contributed by atoms with Gasteiger partial charge in [0, 0.05) is 19.8 Å². The fraction of sp³-hybridized carbons (Fsp3) is 1.00. The van der Waals surface area contributed by atoms with Crippen LogP contribution in [0.4, 0.5) is 0 Å². The second-order valence-electron chi connectivity index (χ2n) is 3.71. The van der Waals surface area contributed by atoms with Crippen LogP contribution in [0.1, 0.15) is 20.3 Å². The number of hydrogen-bond acceptors (Lipinski definition) is 4. The predicted octanol–water partition coefficient (Wildman–Crippen LogP) is 0.805. The molecule has 0 aromatic heterocycles. The van der Waals surface area contributed by atoms with Gasteiger partial charge < -0.3 is 19.5 Å². The number of hydrogen-bond donors (Lipinski definition) is 1. The lowest BCUT2D eigenvalue weighted by atomic mass is 9.85. The van der Waals surface area contributed by atoms with Crippen molar-refractivity contribution < 1.29 is 14.2 Å². The van der Waals surface area contributed by atoms with Gasteiger partial charge in [-0.1, -0.05) is 6.92 Å². The molecule has 90 valence electrons. The average Bonchev–Trinajstić information content (AvgIpc) is 2.21. The SMILES string of the molecule is CCNC1CC(OCCOCC)C1OC. The Morgan fingerprint density at radius 1 is 1.27 bits per heavy atom. The van der Waals surface area contributed by atoms with Crippen LogP contribution < -0.4 is 5.32 Å². The smallest absolute Gasteiger partial charge is 0.0986 e. The third-order valence-electron chi connectivity index (χ3n) is 2.75. The minimum absolute atomic E-state index is 0.201. The van der Waals surface area contributed by atoms with Crippen LogP contribution >= 0.6 is 0 Å². The van der Waals surface area contributed by atoms with Crippen LogP contribution in [0.15, 0.2) is 0 Å². The normalized spacial score (nSPS) is 30.2. The molecule has 15 heavy (non-hydrogen) atoms. The fourth-order valence-electron chi connectivity index (χ4n) is 1.93. The van der Waals surface area contributed by atoms with Crippen molar-refractivity contribution in [3.8, 4) is 0 Å². The number of nitrogens with one attached hydrogen (secondary N) is 1. The summed E-state index contributed by atoms with van der Waals surface area (Å²) in [7, 11) is 1.74. The van der Waals surface area contributed by atoms with Crippen LogP contribution in [0.3, 0.4) is 0 Å². The maximum absolute atomic E-state index is 5.67. The van der Waals surface area contributed by atoms with Crippen molar-refractivity contribution in [1.82, 2.24) is 5.32 Å². The summed E-state index contributed by atoms with van der Waals surface area (Å²) in [5.41, 5.74) is 0. The Bertz CT molecular complexity index is 166. The van der Waals surface area contributed by atoms with E-state index in [1.807, 2.05) is 6.92 Å². The molecule has 1 aliphatic carbocycles. The highest BCUT2D eigenvalue weighted by atomic mass is 16.6. The second-order valence-corrected chi connectivity index (χ2v) is 3.71. The molecule has 0 aliphatic heterocycles. The topological polar surface area (TPSA) is 39.7 Å². The molecule has 0 spiro atoms. The monoisotopic (exact) mass is 217 g/mol. The van der Waals surface area contributed by atoms with Gasteiger partial charge in [-0.3, -0.25) is 0 Å². The van der Waals surface area contributed by atoms with Crippen LogP contribution in [0.5, 0.6) is 0 Å². The predicted molar refractivity (Wildman–Crippen MR) is 59.1 cm³/mol. The fourth-order valence-corrected chi connectivity index (χ4v) is 1.93. The first-order valence-electron chi connectivity index (χ1n) is 5.79. The van der Waals surface area contributed by atoms with E-state index in [-0.39, 0.29) is 12.2 Å². The zero-order chi connectivity index (χ0) is 11.1. The van der Waals surface area contributed by atoms with Crippen molar-refractivity contribution in [1.29, 1.82) is 0 Å². The van der Waals surface area contributed by atoms with E-state index >= 15 is 0 Å². The highest BCUT2D eigenvalue weighted by Gasteiger charge is 2.41. The zero-order valence-electron chi connectivity index (χ0n) is 9.99. The Labute approximate surface area is 92.3 Å². The molecule has 1 saturated carbocycles. The molecule has 0 radical (unpaired) electrons. The largest absolute Gasteiger partial charge is 0.379 e. The van der Waals surface area contributed by atoms with Crippen molar-refractivity contribution >= 4 is 0 Å². The van der Waals surface area contributed by atoms with Gasteiger partial charge in [-0.25, -0.2) is 0 Å². The second kappa shape index (κ2) is 7.17. The van der Waals surface area contributed by atoms with Gasteiger partial charge >= 0.3 is 0 Å². The van der Waals surface area contributed by atoms with E-state index in [4.69, 9.17) is 14.2 Å². The van der Waals surface area contributed by atoms with Crippen molar-refractivity contribution in [3.05, 3.63) is 0 Å². The third kappa shape index (κ3) is 3.72. The zero-order valence-corrected chi connectivity index (χ0v) is 9.99. The van der Waals surface area contributed by atoms with Gasteiger partial charge in [-0.2, -0.15) is 0 Å². The summed E-state index contributed by atoms with van der Waals surface area (Å²) in [6.07, 6.45) is 1.48. The minimum Gasteiger partial charge on any atom is -0.379 e. The summed E-state index contributed by atoms with van der Waals surface area (Å²) in [6.45, 7) is 7.17. The molecular formula is C11H23NO3. The lowest BCUT2D eigenvalue weighted by molar-refractivity contribution is -0.140. The van der Waals surface area contributed by atoms with Crippen molar-refractivity contribution in [2.75, 3.05) is 33.5 Å². The first-order chi connectivity index (χ1) is 7.33. The standard InChI is InChI=1S/C11H23NO3/c1-4-12-9-8-10(11(9)13-3)15-7-6-14-5-2/h9-12H,4-8H2,1-3H3. The van der Waals surface area contributed by atoms with E-state index in [9.17, 15) is 0 Å². The first kappa shape index (κ1) is 12.9. The summed E-state index contributed by atoms with van der Waals surface area (Å²) in [5.74, 6) is 0. The molecule has 1 aliphatic rings. The van der Waals surface area contributed by atoms with Crippen LogP contribution in [0.2, 0.25) is 0 Å². The highest BCUT2D eigenvalue weighted by molar-refractivity contribution is 4.96. The molecule has 0 amide bonds. The Kier molecular flexibility index (Phi) is 6.17. The lowest BCUT2D eigenvalue weighted by Crippen LogP contribution is -2.59. The van der Waals surface area contributed by atoms with E-state index in [0.717, 1.165) is 19.6 Å². The van der Waals surface area contributed by atoms with E-state index in [1.54, 1.807) is 7.11 Å². The Hall–Kier alpha value is -0.160. The molecule has 0 aromatic carbocycles. The quantitative estimate of drug-likeness (QED) is 0.611. The van der Waals surface area contributed by atoms with Crippen LogP contribution in [0, 0.1) is 0 Å². The van der Waals surface area contributed by atoms with Crippen LogP contribution in [-0.4, -0.2) is 51.7 Å². The summed E-state index contributed by atoms with van der Waals surface area (Å²) in [5, 5.41) is 3.38. The number of rotatable bonds is 8. The summed E-state index contributed by atoms with van der Waals surface area (Å²) < 4.78 is 16.3. The summed E-state index contributed by atoms with van der Waals surface area (Å²) >= 11 is 0. The number of methoxy groups -OCH3 is 1. The molecule has 4 heteroatoms. The average molecular weight is 217 g/mol. The van der Waals surface area contributed by atoms with Gasteiger partial charge in [0.25, 0.3) is 0 Å². The molecule has 3 unspecified atom stereocenters. The van der Waals surface area contributed by atoms with E-state index < -0.39 is 0 Å². The van der Waals surface area contributed by atoms with Crippen molar-refractivity contribution in [2.45, 2.75) is 38.5 Å². The third-order valence-corrected chi connectivity index (χ3v) is 2.75. The van der Waals surface area contributed by atoms with Gasteiger partial charge in [0.1, 0.15) is 0 Å². The lowest BCUT2D eigenvalue weighted by Gasteiger charge is -2.43. The molecule has 0 heterocycles. The Morgan fingerprint density at radius 2 is 2.07 bits per heavy atom. The van der Waals surface area contributed by atoms with Crippen molar-refractivity contribution in [3.63, 3.8) is 0 Å². The van der Waals surface area contributed by atoms with Crippen LogP contribution in [-0.2, 0) is 14.2 Å². The molecule has 0 bridgehead atoms.